The van der Waals surface area contributed by atoms with Gasteiger partial charge in [0.1, 0.15) is 0 Å². The van der Waals surface area contributed by atoms with Gasteiger partial charge in [0.05, 0.1) is 35.9 Å². The lowest BCUT2D eigenvalue weighted by atomic mass is 10.0. The van der Waals surface area contributed by atoms with E-state index in [2.05, 4.69) is 49.5 Å². The Bertz CT molecular complexity index is 814. The number of allylic oxidation sites excluding steroid dienone is 1. The van der Waals surface area contributed by atoms with Crippen LogP contribution in [0.3, 0.4) is 0 Å². The van der Waals surface area contributed by atoms with E-state index < -0.39 is 0 Å². The largest absolute Gasteiger partial charge is 0.358 e. The van der Waals surface area contributed by atoms with E-state index >= 15 is 0 Å². The van der Waals surface area contributed by atoms with Crippen molar-refractivity contribution < 1.29 is 9.59 Å². The van der Waals surface area contributed by atoms with Crippen LogP contribution in [0.2, 0.25) is 0 Å². The quantitative estimate of drug-likeness (QED) is 0.168. The highest BCUT2D eigenvalue weighted by molar-refractivity contribution is 8.04. The number of thioether (sulfide) groups is 1. The molecule has 0 aromatic heterocycles. The standard InChI is InChI=1S/C26H43N7O2S/c1-3-9-19(4-2)25(34)27-12-13-28-26(35)21-16-32(14-15-36-21)23-22-24(30-17-29-22)33(18-31-23)20-10-7-5-6-8-11-20/h3-4,16,19-20,22-24,29-31H,1-2,5-15,17-18H2,(H,27,34)(H,28,35). The van der Waals surface area contributed by atoms with Crippen molar-refractivity contribution in [3.63, 3.8) is 0 Å². The Morgan fingerprint density at radius 2 is 1.86 bits per heavy atom. The number of hydrogen-bond acceptors (Lipinski definition) is 8. The maximum Gasteiger partial charge on any atom is 0.259 e. The molecule has 0 radical (unpaired) electrons. The second-order valence-corrected chi connectivity index (χ2v) is 11.2. The fourth-order valence-electron chi connectivity index (χ4n) is 5.75. The molecular formula is C26H43N7O2S. The first-order valence-corrected chi connectivity index (χ1v) is 14.5. The summed E-state index contributed by atoms with van der Waals surface area (Å²) in [6.07, 6.45) is 14.3. The number of amides is 2. The minimum absolute atomic E-state index is 0.0877. The molecule has 4 unspecified atom stereocenters. The number of nitrogens with one attached hydrogen (secondary N) is 5. The molecule has 0 aromatic rings. The molecule has 0 bridgehead atoms. The molecule has 2 saturated heterocycles. The van der Waals surface area contributed by atoms with Crippen LogP contribution in [0.15, 0.2) is 36.4 Å². The van der Waals surface area contributed by atoms with E-state index in [-0.39, 0.29) is 29.9 Å². The number of nitrogens with zero attached hydrogens (tertiary/aromatic N) is 2. The number of hydrogen-bond donors (Lipinski definition) is 5. The summed E-state index contributed by atoms with van der Waals surface area (Å²) in [5, 5.41) is 16.9. The van der Waals surface area contributed by atoms with E-state index in [0.29, 0.717) is 31.7 Å². The van der Waals surface area contributed by atoms with Crippen LogP contribution in [0.25, 0.3) is 0 Å². The van der Waals surface area contributed by atoms with Gasteiger partial charge in [0, 0.05) is 44.3 Å². The summed E-state index contributed by atoms with van der Waals surface area (Å²) in [5.41, 5.74) is 0. The number of carbonyl (C=O) groups is 2. The molecule has 2 amide bonds. The zero-order valence-corrected chi connectivity index (χ0v) is 22.2. The van der Waals surface area contributed by atoms with Crippen LogP contribution in [0, 0.1) is 5.92 Å². The van der Waals surface area contributed by atoms with Crippen molar-refractivity contribution in [2.75, 3.05) is 38.7 Å². The van der Waals surface area contributed by atoms with Crippen molar-refractivity contribution in [2.24, 2.45) is 5.92 Å². The van der Waals surface area contributed by atoms with Gasteiger partial charge in [-0.05, 0) is 19.3 Å². The van der Waals surface area contributed by atoms with Crippen molar-refractivity contribution in [3.8, 4) is 0 Å². The highest BCUT2D eigenvalue weighted by Gasteiger charge is 2.45. The molecule has 4 aliphatic rings. The van der Waals surface area contributed by atoms with Crippen LogP contribution in [-0.4, -0.2) is 84.8 Å². The van der Waals surface area contributed by atoms with E-state index in [1.54, 1.807) is 23.9 Å². The molecular weight excluding hydrogens is 474 g/mol. The van der Waals surface area contributed by atoms with Gasteiger partial charge in [-0.2, -0.15) is 0 Å². The average molecular weight is 518 g/mol. The van der Waals surface area contributed by atoms with E-state index in [1.807, 2.05) is 6.20 Å². The molecule has 0 aromatic carbocycles. The summed E-state index contributed by atoms with van der Waals surface area (Å²) in [4.78, 5) is 30.7. The Morgan fingerprint density at radius 1 is 1.08 bits per heavy atom. The number of carbonyl (C=O) groups excluding carboxylic acids is 2. The Morgan fingerprint density at radius 3 is 2.61 bits per heavy atom. The number of fused-ring (bicyclic) bond motifs is 1. The van der Waals surface area contributed by atoms with Gasteiger partial charge in [-0.3, -0.25) is 30.4 Å². The second-order valence-electron chi connectivity index (χ2n) is 10.0. The third-order valence-corrected chi connectivity index (χ3v) is 8.67. The summed E-state index contributed by atoms with van der Waals surface area (Å²) in [6, 6.07) is 0.892. The van der Waals surface area contributed by atoms with E-state index in [0.717, 1.165) is 30.5 Å². The van der Waals surface area contributed by atoms with Gasteiger partial charge in [-0.1, -0.05) is 37.8 Å². The third kappa shape index (κ3) is 6.72. The molecule has 4 rings (SSSR count). The smallest absolute Gasteiger partial charge is 0.259 e. The van der Waals surface area contributed by atoms with Crippen molar-refractivity contribution in [3.05, 3.63) is 36.4 Å². The summed E-state index contributed by atoms with van der Waals surface area (Å²) < 4.78 is 0. The summed E-state index contributed by atoms with van der Waals surface area (Å²) in [6.45, 7) is 10.7. The van der Waals surface area contributed by atoms with Crippen LogP contribution < -0.4 is 26.6 Å². The normalized spacial score (nSPS) is 28.4. The topological polar surface area (TPSA) is 101 Å². The Labute approximate surface area is 219 Å². The maximum atomic E-state index is 12.9. The van der Waals surface area contributed by atoms with Crippen LogP contribution in [-0.2, 0) is 9.59 Å². The van der Waals surface area contributed by atoms with E-state index in [1.165, 1.54) is 38.5 Å². The summed E-state index contributed by atoms with van der Waals surface area (Å²) in [7, 11) is 0. The average Bonchev–Trinajstić information content (AvgIpc) is 3.24. The zero-order chi connectivity index (χ0) is 25.3. The lowest BCUT2D eigenvalue weighted by Crippen LogP contribution is -2.71. The predicted octanol–water partition coefficient (Wildman–Crippen LogP) is 1.24. The molecule has 3 heterocycles. The first kappa shape index (κ1) is 27.2. The molecule has 4 atom stereocenters. The molecule has 36 heavy (non-hydrogen) atoms. The van der Waals surface area contributed by atoms with Gasteiger partial charge < -0.3 is 15.5 Å². The molecule has 10 heteroatoms. The minimum Gasteiger partial charge on any atom is -0.358 e. The fourth-order valence-corrected chi connectivity index (χ4v) is 6.68. The van der Waals surface area contributed by atoms with Gasteiger partial charge in [-0.15, -0.1) is 24.9 Å². The molecule has 1 saturated carbocycles. The van der Waals surface area contributed by atoms with Crippen LogP contribution in [0.4, 0.5) is 0 Å². The molecule has 9 nitrogen and oxygen atoms in total. The molecule has 1 aliphatic carbocycles. The molecule has 0 spiro atoms. The molecule has 5 N–H and O–H groups in total. The highest BCUT2D eigenvalue weighted by atomic mass is 32.2. The molecule has 200 valence electrons. The highest BCUT2D eigenvalue weighted by Crippen LogP contribution is 2.29. The van der Waals surface area contributed by atoms with Gasteiger partial charge in [0.15, 0.2) is 0 Å². The Kier molecular flexibility index (Phi) is 10.3. The van der Waals surface area contributed by atoms with Gasteiger partial charge in [0.25, 0.3) is 5.91 Å². The van der Waals surface area contributed by atoms with Crippen LogP contribution in [0.1, 0.15) is 44.9 Å². The maximum absolute atomic E-state index is 12.9. The van der Waals surface area contributed by atoms with Crippen LogP contribution in [0.5, 0.6) is 0 Å². The first-order valence-electron chi connectivity index (χ1n) is 13.5. The molecule has 3 fully saturated rings. The lowest BCUT2D eigenvalue weighted by molar-refractivity contribution is -0.123. The van der Waals surface area contributed by atoms with E-state index in [9.17, 15) is 9.59 Å². The monoisotopic (exact) mass is 517 g/mol. The fraction of sp³-hybridized carbons (Fsp3) is 0.692. The van der Waals surface area contributed by atoms with E-state index in [4.69, 9.17) is 0 Å². The minimum atomic E-state index is -0.285. The predicted molar refractivity (Wildman–Crippen MR) is 146 cm³/mol. The van der Waals surface area contributed by atoms with Crippen molar-refractivity contribution >= 4 is 23.6 Å². The third-order valence-electron chi connectivity index (χ3n) is 7.69. The second kappa shape index (κ2) is 13.6. The first-order chi connectivity index (χ1) is 17.6. The van der Waals surface area contributed by atoms with Gasteiger partial charge >= 0.3 is 0 Å². The van der Waals surface area contributed by atoms with Crippen LogP contribution >= 0.6 is 11.8 Å². The lowest BCUT2D eigenvalue weighted by Gasteiger charge is -2.49. The van der Waals surface area contributed by atoms with Gasteiger partial charge in [-0.25, -0.2) is 0 Å². The summed E-state index contributed by atoms with van der Waals surface area (Å²) in [5.74, 6) is 0.404. The molecule has 3 aliphatic heterocycles. The SMILES string of the molecule is C=CCC(C=C)C(=O)NCCNC(=O)C1=CN(C2NCN(C3CCCCCC3)C3NCNC23)CCS1. The Hall–Kier alpha value is -1.85. The number of rotatable bonds is 10. The Balaban J connectivity index is 1.29. The van der Waals surface area contributed by atoms with Crippen molar-refractivity contribution in [2.45, 2.75) is 69.4 Å². The van der Waals surface area contributed by atoms with Gasteiger partial charge in [0.2, 0.25) is 5.91 Å². The zero-order valence-electron chi connectivity index (χ0n) is 21.3. The van der Waals surface area contributed by atoms with Crippen molar-refractivity contribution in [1.82, 2.24) is 36.4 Å². The van der Waals surface area contributed by atoms with Crippen molar-refractivity contribution in [1.29, 1.82) is 0 Å². The summed E-state index contributed by atoms with van der Waals surface area (Å²) >= 11 is 1.59.